The van der Waals surface area contributed by atoms with Gasteiger partial charge in [0, 0.05) is 6.54 Å². The Hall–Kier alpha value is -1.95. The van der Waals surface area contributed by atoms with Crippen LogP contribution in [0, 0.1) is 5.82 Å². The number of fused-ring (bicyclic) bond motifs is 1. The number of benzene rings is 3. The second kappa shape index (κ2) is 9.24. The van der Waals surface area contributed by atoms with Crippen LogP contribution in [0.5, 0.6) is 0 Å². The third-order valence-electron chi connectivity index (χ3n) is 5.65. The Morgan fingerprint density at radius 3 is 2.24 bits per heavy atom. The Kier molecular flexibility index (Phi) is 6.93. The van der Waals surface area contributed by atoms with Crippen LogP contribution >= 0.6 is 12.4 Å². The van der Waals surface area contributed by atoms with Gasteiger partial charge < -0.3 is 4.90 Å². The van der Waals surface area contributed by atoms with Crippen LogP contribution in [0.1, 0.15) is 18.4 Å². The third kappa shape index (κ3) is 4.97. The Bertz CT molecular complexity index is 1060. The van der Waals surface area contributed by atoms with Crippen molar-refractivity contribution in [1.82, 2.24) is 4.90 Å². The molecule has 29 heavy (non-hydrogen) atoms. The lowest BCUT2D eigenvalue weighted by Crippen LogP contribution is -2.40. The van der Waals surface area contributed by atoms with E-state index in [1.807, 2.05) is 42.5 Å². The maximum absolute atomic E-state index is 13.1. The van der Waals surface area contributed by atoms with Crippen LogP contribution < -0.4 is 0 Å². The summed E-state index contributed by atoms with van der Waals surface area (Å²) in [4.78, 5) is 2.73. The first kappa shape index (κ1) is 21.8. The zero-order chi connectivity index (χ0) is 19.6. The van der Waals surface area contributed by atoms with Crippen LogP contribution in [0.3, 0.4) is 0 Å². The van der Waals surface area contributed by atoms with Gasteiger partial charge in [0.15, 0.2) is 9.84 Å². The van der Waals surface area contributed by atoms with Crippen molar-refractivity contribution in [1.29, 1.82) is 0 Å². The summed E-state index contributed by atoms with van der Waals surface area (Å²) in [7, 11) is -3.32. The summed E-state index contributed by atoms with van der Waals surface area (Å²) in [5.41, 5.74) is 1.10. The number of hydrogen-bond acceptors (Lipinski definition) is 3. The molecule has 0 saturated carbocycles. The second-order valence-corrected chi connectivity index (χ2v) is 9.70. The van der Waals surface area contributed by atoms with E-state index in [4.69, 9.17) is 0 Å². The van der Waals surface area contributed by atoms with Gasteiger partial charge in [0.1, 0.15) is 5.82 Å². The number of rotatable bonds is 5. The molecule has 3 aromatic carbocycles. The predicted molar refractivity (Wildman–Crippen MR) is 118 cm³/mol. The third-order valence-corrected chi connectivity index (χ3v) is 7.91. The Morgan fingerprint density at radius 2 is 1.55 bits per heavy atom. The molecule has 0 aromatic heterocycles. The van der Waals surface area contributed by atoms with Gasteiger partial charge >= 0.3 is 0 Å². The molecular weight excluding hydrogens is 409 g/mol. The monoisotopic (exact) mass is 433 g/mol. The summed E-state index contributed by atoms with van der Waals surface area (Å²) in [5.74, 6) is -0.219. The maximum Gasteiger partial charge on any atom is 0.181 e. The number of likely N-dealkylation sites (tertiary alicyclic amines) is 1. The SMILES string of the molecule is Cl.O=S(=O)(c1ccc2ccccc2c1)C1CCN(CCc2ccc(F)cc2)CC1. The number of hydrogen-bond donors (Lipinski definition) is 0. The van der Waals surface area contributed by atoms with E-state index in [1.54, 1.807) is 12.1 Å². The molecule has 6 heteroatoms. The standard InChI is InChI=1S/C23H24FNO2S.ClH/c24-21-8-5-18(6-9-21)11-14-25-15-12-22(13-16-25)28(26,27)23-10-7-19-3-1-2-4-20(19)17-23;/h1-10,17,22H,11-16H2;1H. The molecule has 0 bridgehead atoms. The summed E-state index contributed by atoms with van der Waals surface area (Å²) in [6, 6.07) is 19.8. The van der Waals surface area contributed by atoms with Crippen LogP contribution in [0.2, 0.25) is 0 Å². The van der Waals surface area contributed by atoms with Crippen molar-refractivity contribution < 1.29 is 12.8 Å². The van der Waals surface area contributed by atoms with Gasteiger partial charge in [-0.3, -0.25) is 0 Å². The minimum Gasteiger partial charge on any atom is -0.303 e. The minimum atomic E-state index is -3.32. The number of nitrogens with zero attached hydrogens (tertiary/aromatic N) is 1. The van der Waals surface area contributed by atoms with E-state index in [-0.39, 0.29) is 23.5 Å². The van der Waals surface area contributed by atoms with E-state index in [0.29, 0.717) is 17.7 Å². The smallest absolute Gasteiger partial charge is 0.181 e. The summed E-state index contributed by atoms with van der Waals surface area (Å²) in [6.07, 6.45) is 2.15. The van der Waals surface area contributed by atoms with E-state index in [2.05, 4.69) is 4.90 Å². The fourth-order valence-corrected chi connectivity index (χ4v) is 5.68. The molecule has 3 aromatic rings. The molecule has 0 radical (unpaired) electrons. The Morgan fingerprint density at radius 1 is 0.897 bits per heavy atom. The fourth-order valence-electron chi connectivity index (χ4n) is 3.92. The molecule has 0 unspecified atom stereocenters. The first-order valence-corrected chi connectivity index (χ1v) is 11.3. The first-order valence-electron chi connectivity index (χ1n) is 9.72. The van der Waals surface area contributed by atoms with Gasteiger partial charge in [-0.2, -0.15) is 0 Å². The average Bonchev–Trinajstić information content (AvgIpc) is 2.73. The van der Waals surface area contributed by atoms with Gasteiger partial charge in [0.25, 0.3) is 0 Å². The molecule has 0 amide bonds. The predicted octanol–water partition coefficient (Wildman–Crippen LogP) is 4.88. The normalized spacial score (nSPS) is 15.9. The summed E-state index contributed by atoms with van der Waals surface area (Å²) >= 11 is 0. The largest absolute Gasteiger partial charge is 0.303 e. The van der Waals surface area contributed by atoms with Crippen molar-refractivity contribution in [2.75, 3.05) is 19.6 Å². The van der Waals surface area contributed by atoms with Crippen LogP contribution in [0.4, 0.5) is 4.39 Å². The van der Waals surface area contributed by atoms with E-state index >= 15 is 0 Å². The van der Waals surface area contributed by atoms with E-state index in [0.717, 1.165) is 42.4 Å². The van der Waals surface area contributed by atoms with Gasteiger partial charge in [-0.15, -0.1) is 12.4 Å². The molecule has 154 valence electrons. The molecule has 0 spiro atoms. The van der Waals surface area contributed by atoms with Crippen molar-refractivity contribution >= 4 is 33.0 Å². The number of halogens is 2. The zero-order valence-corrected chi connectivity index (χ0v) is 17.8. The highest BCUT2D eigenvalue weighted by molar-refractivity contribution is 7.92. The first-order chi connectivity index (χ1) is 13.5. The molecule has 1 aliphatic heterocycles. The Balaban J connectivity index is 0.00000240. The lowest BCUT2D eigenvalue weighted by molar-refractivity contribution is 0.232. The molecular formula is C23H25ClFNO2S. The topological polar surface area (TPSA) is 37.4 Å². The van der Waals surface area contributed by atoms with Crippen molar-refractivity contribution in [3.8, 4) is 0 Å². The number of sulfone groups is 1. The van der Waals surface area contributed by atoms with Gasteiger partial charge in [-0.05, 0) is 73.0 Å². The van der Waals surface area contributed by atoms with Gasteiger partial charge in [0.05, 0.1) is 10.1 Å². The van der Waals surface area contributed by atoms with Crippen LogP contribution in [0.15, 0.2) is 71.6 Å². The van der Waals surface area contributed by atoms with Gasteiger partial charge in [-0.25, -0.2) is 12.8 Å². The molecule has 1 heterocycles. The van der Waals surface area contributed by atoms with Crippen LogP contribution in [-0.2, 0) is 16.3 Å². The average molecular weight is 434 g/mol. The highest BCUT2D eigenvalue weighted by Gasteiger charge is 2.31. The zero-order valence-electron chi connectivity index (χ0n) is 16.1. The van der Waals surface area contributed by atoms with Gasteiger partial charge in [0.2, 0.25) is 0 Å². The quantitative estimate of drug-likeness (QED) is 0.575. The molecule has 1 aliphatic rings. The fraction of sp³-hybridized carbons (Fsp3) is 0.304. The van der Waals surface area contributed by atoms with Crippen molar-refractivity contribution in [2.24, 2.45) is 0 Å². The second-order valence-electron chi connectivity index (χ2n) is 7.47. The van der Waals surface area contributed by atoms with Crippen LogP contribution in [-0.4, -0.2) is 38.2 Å². The molecule has 1 saturated heterocycles. The molecule has 1 fully saturated rings. The summed E-state index contributed by atoms with van der Waals surface area (Å²) < 4.78 is 39.2. The van der Waals surface area contributed by atoms with E-state index < -0.39 is 9.84 Å². The summed E-state index contributed by atoms with van der Waals surface area (Å²) in [5, 5.41) is 1.69. The van der Waals surface area contributed by atoms with E-state index in [1.165, 1.54) is 12.1 Å². The molecule has 0 atom stereocenters. The lowest BCUT2D eigenvalue weighted by atomic mass is 10.1. The van der Waals surface area contributed by atoms with Crippen molar-refractivity contribution in [3.63, 3.8) is 0 Å². The highest BCUT2D eigenvalue weighted by atomic mass is 35.5. The lowest BCUT2D eigenvalue weighted by Gasteiger charge is -2.31. The van der Waals surface area contributed by atoms with Gasteiger partial charge in [-0.1, -0.05) is 42.5 Å². The molecule has 3 nitrogen and oxygen atoms in total. The molecule has 4 rings (SSSR count). The Labute approximate surface area is 177 Å². The minimum absolute atomic E-state index is 0. The maximum atomic E-state index is 13.1. The highest BCUT2D eigenvalue weighted by Crippen LogP contribution is 2.27. The molecule has 0 aliphatic carbocycles. The van der Waals surface area contributed by atoms with Crippen molar-refractivity contribution in [2.45, 2.75) is 29.4 Å². The number of piperidine rings is 1. The summed E-state index contributed by atoms with van der Waals surface area (Å²) in [6.45, 7) is 2.42. The molecule has 0 N–H and O–H groups in total. The van der Waals surface area contributed by atoms with Crippen LogP contribution in [0.25, 0.3) is 10.8 Å². The van der Waals surface area contributed by atoms with E-state index in [9.17, 15) is 12.8 Å². The van der Waals surface area contributed by atoms with Crippen molar-refractivity contribution in [3.05, 3.63) is 78.1 Å².